The maximum Gasteiger partial charge on any atom is 0.0755 e. The van der Waals surface area contributed by atoms with E-state index in [1.54, 1.807) is 0 Å². The lowest BCUT2D eigenvalue weighted by atomic mass is 10.4. The molecule has 15 heavy (non-hydrogen) atoms. The molecule has 0 fully saturated rings. The van der Waals surface area contributed by atoms with E-state index < -0.39 is 0 Å². The molecular formula is C11H15N3S. The molecule has 2 rings (SSSR count). The monoisotopic (exact) mass is 221 g/mol. The summed E-state index contributed by atoms with van der Waals surface area (Å²) in [4.78, 5) is 2.73. The van der Waals surface area contributed by atoms with Crippen molar-refractivity contribution in [2.24, 2.45) is 0 Å². The van der Waals surface area contributed by atoms with Gasteiger partial charge in [0, 0.05) is 28.2 Å². The summed E-state index contributed by atoms with van der Waals surface area (Å²) in [6.07, 6.45) is 1.84. The Bertz CT molecular complexity index is 430. The summed E-state index contributed by atoms with van der Waals surface area (Å²) in [6, 6.07) is 6.38. The van der Waals surface area contributed by atoms with Crippen molar-refractivity contribution in [2.45, 2.75) is 20.0 Å². The van der Waals surface area contributed by atoms with Crippen LogP contribution in [0.1, 0.15) is 15.4 Å². The number of hydrogen-bond acceptors (Lipinski definition) is 3. The molecule has 4 heteroatoms. The third-order valence-corrected chi connectivity index (χ3v) is 3.37. The molecule has 3 nitrogen and oxygen atoms in total. The van der Waals surface area contributed by atoms with Crippen LogP contribution in [0.3, 0.4) is 0 Å². The number of nitrogens with one attached hydrogen (secondary N) is 1. The first-order valence-electron chi connectivity index (χ1n) is 5.00. The van der Waals surface area contributed by atoms with Crippen LogP contribution >= 0.6 is 11.3 Å². The van der Waals surface area contributed by atoms with Crippen LogP contribution in [0.25, 0.3) is 0 Å². The SMILES string of the molecule is CNCc1ccc(Cn2nccc2C)s1. The summed E-state index contributed by atoms with van der Waals surface area (Å²) in [5, 5.41) is 7.43. The van der Waals surface area contributed by atoms with Crippen molar-refractivity contribution in [1.29, 1.82) is 0 Å². The molecule has 0 bridgehead atoms. The second-order valence-electron chi connectivity index (χ2n) is 3.53. The highest BCUT2D eigenvalue weighted by Crippen LogP contribution is 2.17. The molecule has 0 aliphatic rings. The van der Waals surface area contributed by atoms with Crippen LogP contribution in [0.4, 0.5) is 0 Å². The Labute approximate surface area is 93.7 Å². The van der Waals surface area contributed by atoms with Crippen molar-refractivity contribution in [3.63, 3.8) is 0 Å². The van der Waals surface area contributed by atoms with Gasteiger partial charge in [0.05, 0.1) is 6.54 Å². The molecule has 0 unspecified atom stereocenters. The predicted octanol–water partition coefficient (Wildman–Crippen LogP) is 2.02. The minimum Gasteiger partial charge on any atom is -0.315 e. The molecule has 0 radical (unpaired) electrons. The summed E-state index contributed by atoms with van der Waals surface area (Å²) in [7, 11) is 1.97. The standard InChI is InChI=1S/C11H15N3S/c1-9-5-6-13-14(9)8-11-4-3-10(15-11)7-12-2/h3-6,12H,7-8H2,1-2H3. The zero-order chi connectivity index (χ0) is 10.7. The number of rotatable bonds is 4. The fourth-order valence-corrected chi connectivity index (χ4v) is 2.50. The normalized spacial score (nSPS) is 10.8. The molecule has 80 valence electrons. The van der Waals surface area contributed by atoms with Gasteiger partial charge in [0.1, 0.15) is 0 Å². The summed E-state index contributed by atoms with van der Waals surface area (Å²) in [5.74, 6) is 0. The van der Waals surface area contributed by atoms with Crippen LogP contribution in [0.15, 0.2) is 24.4 Å². The Morgan fingerprint density at radius 2 is 2.13 bits per heavy atom. The Balaban J connectivity index is 2.08. The van der Waals surface area contributed by atoms with Gasteiger partial charge >= 0.3 is 0 Å². The Morgan fingerprint density at radius 1 is 1.33 bits per heavy atom. The zero-order valence-electron chi connectivity index (χ0n) is 9.03. The van der Waals surface area contributed by atoms with E-state index in [1.165, 1.54) is 15.4 Å². The van der Waals surface area contributed by atoms with Crippen molar-refractivity contribution in [1.82, 2.24) is 15.1 Å². The Kier molecular flexibility index (Phi) is 3.18. The van der Waals surface area contributed by atoms with Crippen molar-refractivity contribution in [3.8, 4) is 0 Å². The van der Waals surface area contributed by atoms with Gasteiger partial charge in [-0.15, -0.1) is 11.3 Å². The van der Waals surface area contributed by atoms with Crippen molar-refractivity contribution >= 4 is 11.3 Å². The maximum absolute atomic E-state index is 4.27. The van der Waals surface area contributed by atoms with Crippen molar-refractivity contribution in [3.05, 3.63) is 39.8 Å². The maximum atomic E-state index is 4.27. The first-order valence-corrected chi connectivity index (χ1v) is 5.82. The highest BCUT2D eigenvalue weighted by atomic mass is 32.1. The van der Waals surface area contributed by atoms with Gasteiger partial charge in [-0.25, -0.2) is 0 Å². The van der Waals surface area contributed by atoms with E-state index >= 15 is 0 Å². The highest BCUT2D eigenvalue weighted by Gasteiger charge is 2.02. The minimum absolute atomic E-state index is 0.882. The fraction of sp³-hybridized carbons (Fsp3) is 0.364. The summed E-state index contributed by atoms with van der Waals surface area (Å²) in [6.45, 7) is 3.91. The molecule has 2 aromatic rings. The van der Waals surface area contributed by atoms with E-state index in [2.05, 4.69) is 29.5 Å². The van der Waals surface area contributed by atoms with Crippen LogP contribution in [-0.4, -0.2) is 16.8 Å². The van der Waals surface area contributed by atoms with Gasteiger partial charge in [0.15, 0.2) is 0 Å². The molecule has 0 saturated carbocycles. The second kappa shape index (κ2) is 4.59. The number of hydrogen-bond donors (Lipinski definition) is 1. The van der Waals surface area contributed by atoms with Gasteiger partial charge in [0.25, 0.3) is 0 Å². The molecule has 0 amide bonds. The molecule has 2 heterocycles. The molecule has 0 atom stereocenters. The lowest BCUT2D eigenvalue weighted by molar-refractivity contribution is 0.672. The van der Waals surface area contributed by atoms with Crippen molar-refractivity contribution in [2.75, 3.05) is 7.05 Å². The number of aromatic nitrogens is 2. The lowest BCUT2D eigenvalue weighted by Crippen LogP contribution is -2.03. The number of nitrogens with zero attached hydrogens (tertiary/aromatic N) is 2. The first-order chi connectivity index (χ1) is 7.29. The van der Waals surface area contributed by atoms with Gasteiger partial charge in [0.2, 0.25) is 0 Å². The average molecular weight is 221 g/mol. The molecule has 0 spiro atoms. The van der Waals surface area contributed by atoms with E-state index in [0.29, 0.717) is 0 Å². The summed E-state index contributed by atoms with van der Waals surface area (Å²) < 4.78 is 2.02. The van der Waals surface area contributed by atoms with Crippen LogP contribution in [0, 0.1) is 6.92 Å². The average Bonchev–Trinajstić information content (AvgIpc) is 2.79. The summed E-state index contributed by atoms with van der Waals surface area (Å²) in [5.41, 5.74) is 1.21. The predicted molar refractivity (Wildman–Crippen MR) is 63.1 cm³/mol. The van der Waals surface area contributed by atoms with Crippen molar-refractivity contribution < 1.29 is 0 Å². The third kappa shape index (κ3) is 2.46. The molecule has 0 aliphatic carbocycles. The summed E-state index contributed by atoms with van der Waals surface area (Å²) >= 11 is 1.84. The number of aryl methyl sites for hydroxylation is 1. The third-order valence-electron chi connectivity index (χ3n) is 2.30. The molecule has 1 N–H and O–H groups in total. The van der Waals surface area contributed by atoms with E-state index in [-0.39, 0.29) is 0 Å². The molecule has 0 aromatic carbocycles. The topological polar surface area (TPSA) is 29.9 Å². The minimum atomic E-state index is 0.882. The van der Waals surface area contributed by atoms with Gasteiger partial charge in [-0.2, -0.15) is 5.10 Å². The van der Waals surface area contributed by atoms with E-state index in [9.17, 15) is 0 Å². The Morgan fingerprint density at radius 3 is 2.80 bits per heavy atom. The van der Waals surface area contributed by atoms with Crippen LogP contribution < -0.4 is 5.32 Å². The quantitative estimate of drug-likeness (QED) is 0.856. The van der Waals surface area contributed by atoms with Gasteiger partial charge in [-0.05, 0) is 32.2 Å². The fourth-order valence-electron chi connectivity index (χ4n) is 1.49. The van der Waals surface area contributed by atoms with E-state index in [0.717, 1.165) is 13.1 Å². The zero-order valence-corrected chi connectivity index (χ0v) is 9.84. The number of thiophene rings is 1. The second-order valence-corrected chi connectivity index (χ2v) is 4.78. The first kappa shape index (κ1) is 10.4. The molecular weight excluding hydrogens is 206 g/mol. The molecule has 2 aromatic heterocycles. The van der Waals surface area contributed by atoms with Gasteiger partial charge in [-0.1, -0.05) is 0 Å². The van der Waals surface area contributed by atoms with E-state index in [4.69, 9.17) is 0 Å². The lowest BCUT2D eigenvalue weighted by Gasteiger charge is -2.01. The van der Waals surface area contributed by atoms with Crippen LogP contribution in [0.2, 0.25) is 0 Å². The highest BCUT2D eigenvalue weighted by molar-refractivity contribution is 7.11. The van der Waals surface area contributed by atoms with E-state index in [1.807, 2.05) is 35.3 Å². The largest absolute Gasteiger partial charge is 0.315 e. The van der Waals surface area contributed by atoms with Crippen LogP contribution in [-0.2, 0) is 13.1 Å². The Hall–Kier alpha value is -1.13. The van der Waals surface area contributed by atoms with Crippen LogP contribution in [0.5, 0.6) is 0 Å². The molecule has 0 saturated heterocycles. The van der Waals surface area contributed by atoms with Gasteiger partial charge < -0.3 is 5.32 Å². The smallest absolute Gasteiger partial charge is 0.0755 e. The molecule has 0 aliphatic heterocycles. The van der Waals surface area contributed by atoms with Gasteiger partial charge in [-0.3, -0.25) is 4.68 Å².